The summed E-state index contributed by atoms with van der Waals surface area (Å²) < 4.78 is 1.76. The van der Waals surface area contributed by atoms with Crippen LogP contribution in [-0.2, 0) is 6.54 Å². The van der Waals surface area contributed by atoms with Crippen LogP contribution in [0.2, 0.25) is 0 Å². The van der Waals surface area contributed by atoms with Gasteiger partial charge in [0.15, 0.2) is 5.65 Å². The van der Waals surface area contributed by atoms with Crippen molar-refractivity contribution in [2.75, 3.05) is 24.6 Å². The van der Waals surface area contributed by atoms with Gasteiger partial charge in [-0.15, -0.1) is 5.10 Å². The lowest BCUT2D eigenvalue weighted by Gasteiger charge is -2.26. The molecule has 2 aromatic heterocycles. The molecule has 0 unspecified atom stereocenters. The molecular weight excluding hydrogens is 370 g/mol. The van der Waals surface area contributed by atoms with Gasteiger partial charge in [0.05, 0.1) is 5.69 Å². The second-order valence-corrected chi connectivity index (χ2v) is 8.67. The number of hydrogen-bond donors (Lipinski definition) is 1. The fraction of sp³-hybridized carbons (Fsp3) is 0.381. The maximum atomic E-state index is 12.3. The molecule has 0 spiro atoms. The lowest BCUT2D eigenvalue weighted by molar-refractivity contribution is 0.0941. The zero-order valence-electron chi connectivity index (χ0n) is 15.7. The van der Waals surface area contributed by atoms with E-state index in [-0.39, 0.29) is 11.7 Å². The topological polar surface area (TPSA) is 62.5 Å². The zero-order valence-corrected chi connectivity index (χ0v) is 16.5. The molecule has 0 atom stereocenters. The van der Waals surface area contributed by atoms with E-state index < -0.39 is 0 Å². The predicted octanol–water partition coefficient (Wildman–Crippen LogP) is 2.84. The van der Waals surface area contributed by atoms with Gasteiger partial charge in [-0.25, -0.2) is 9.50 Å². The molecule has 1 amide bonds. The molecule has 1 aromatic carbocycles. The summed E-state index contributed by atoms with van der Waals surface area (Å²) in [6.07, 6.45) is 2.10. The van der Waals surface area contributed by atoms with Crippen LogP contribution in [-0.4, -0.2) is 56.0 Å². The summed E-state index contributed by atoms with van der Waals surface area (Å²) in [5.41, 5.74) is 4.03. The highest BCUT2D eigenvalue weighted by atomic mass is 32.2. The van der Waals surface area contributed by atoms with Crippen LogP contribution in [0.1, 0.15) is 29.0 Å². The first kappa shape index (κ1) is 17.7. The molecule has 1 saturated heterocycles. The van der Waals surface area contributed by atoms with E-state index in [2.05, 4.69) is 44.6 Å². The van der Waals surface area contributed by atoms with E-state index >= 15 is 0 Å². The van der Waals surface area contributed by atoms with Gasteiger partial charge in [0.1, 0.15) is 0 Å². The lowest BCUT2D eigenvalue weighted by Crippen LogP contribution is -2.31. The van der Waals surface area contributed by atoms with E-state index in [0.29, 0.717) is 11.7 Å². The summed E-state index contributed by atoms with van der Waals surface area (Å²) in [5.74, 6) is 2.50. The van der Waals surface area contributed by atoms with Gasteiger partial charge in [-0.05, 0) is 30.5 Å². The fourth-order valence-corrected chi connectivity index (χ4v) is 4.47. The molecule has 3 aromatic rings. The van der Waals surface area contributed by atoms with Crippen molar-refractivity contribution >= 4 is 23.3 Å². The first-order valence-electron chi connectivity index (χ1n) is 9.82. The molecule has 2 aliphatic rings. The Bertz CT molecular complexity index is 990. The van der Waals surface area contributed by atoms with Gasteiger partial charge in [0.2, 0.25) is 5.82 Å². The van der Waals surface area contributed by atoms with Gasteiger partial charge in [-0.3, -0.25) is 9.69 Å². The van der Waals surface area contributed by atoms with E-state index in [1.54, 1.807) is 4.52 Å². The maximum Gasteiger partial charge on any atom is 0.291 e. The third kappa shape index (κ3) is 3.77. The number of benzene rings is 1. The molecule has 3 heterocycles. The largest absolute Gasteiger partial charge is 0.347 e. The van der Waals surface area contributed by atoms with Crippen LogP contribution in [0.4, 0.5) is 0 Å². The Morgan fingerprint density at radius 2 is 1.89 bits per heavy atom. The number of fused-ring (bicyclic) bond motifs is 1. The third-order valence-electron chi connectivity index (χ3n) is 5.24. The van der Waals surface area contributed by atoms with Crippen LogP contribution >= 0.6 is 11.8 Å². The molecule has 2 fully saturated rings. The highest BCUT2D eigenvalue weighted by Gasteiger charge is 2.26. The first-order valence-corrected chi connectivity index (χ1v) is 11.0. The van der Waals surface area contributed by atoms with Gasteiger partial charge < -0.3 is 5.32 Å². The van der Waals surface area contributed by atoms with Gasteiger partial charge in [-0.1, -0.05) is 30.3 Å². The first-order chi connectivity index (χ1) is 13.8. The number of aromatic nitrogens is 3. The van der Waals surface area contributed by atoms with Crippen LogP contribution in [0, 0.1) is 0 Å². The molecule has 1 aliphatic heterocycles. The van der Waals surface area contributed by atoms with Crippen molar-refractivity contribution < 1.29 is 4.79 Å². The number of carbonyl (C=O) groups excluding carboxylic acids is 1. The molecule has 7 heteroatoms. The van der Waals surface area contributed by atoms with Crippen molar-refractivity contribution in [1.29, 1.82) is 0 Å². The van der Waals surface area contributed by atoms with E-state index in [1.807, 2.05) is 30.0 Å². The molecule has 0 bridgehead atoms. The average molecular weight is 394 g/mol. The minimum atomic E-state index is -0.188. The quantitative estimate of drug-likeness (QED) is 0.722. The number of amides is 1. The number of nitrogens with zero attached hydrogens (tertiary/aromatic N) is 4. The maximum absolute atomic E-state index is 12.3. The van der Waals surface area contributed by atoms with Crippen molar-refractivity contribution in [3.8, 4) is 11.3 Å². The van der Waals surface area contributed by atoms with E-state index in [0.717, 1.165) is 43.7 Å². The molecule has 5 rings (SSSR count). The minimum Gasteiger partial charge on any atom is -0.347 e. The Morgan fingerprint density at radius 1 is 1.11 bits per heavy atom. The van der Waals surface area contributed by atoms with Crippen LogP contribution in [0.15, 0.2) is 42.5 Å². The summed E-state index contributed by atoms with van der Waals surface area (Å²) in [6, 6.07) is 14.8. The van der Waals surface area contributed by atoms with Crippen LogP contribution < -0.4 is 5.32 Å². The fourth-order valence-electron chi connectivity index (χ4n) is 3.50. The normalized spacial score (nSPS) is 17.7. The Kier molecular flexibility index (Phi) is 4.78. The Morgan fingerprint density at radius 3 is 2.64 bits per heavy atom. The second-order valence-electron chi connectivity index (χ2n) is 7.45. The predicted molar refractivity (Wildman–Crippen MR) is 112 cm³/mol. The molecule has 0 radical (unpaired) electrons. The summed E-state index contributed by atoms with van der Waals surface area (Å²) in [7, 11) is 0. The number of thioether (sulfide) groups is 1. The highest BCUT2D eigenvalue weighted by molar-refractivity contribution is 7.99. The Labute approximate surface area is 168 Å². The van der Waals surface area contributed by atoms with E-state index in [1.165, 1.54) is 17.1 Å². The number of nitrogens with one attached hydrogen (secondary N) is 1. The number of carbonyl (C=O) groups is 1. The molecular formula is C21H23N5OS. The Hall–Kier alpha value is -2.38. The summed E-state index contributed by atoms with van der Waals surface area (Å²) in [6.45, 7) is 3.33. The SMILES string of the molecule is O=C(NC1CC1)c1nc2cccc(-c3ccc(CN4CCSCC4)cc3)n2n1. The molecule has 28 heavy (non-hydrogen) atoms. The van der Waals surface area contributed by atoms with E-state index in [9.17, 15) is 4.79 Å². The Balaban J connectivity index is 1.38. The minimum absolute atomic E-state index is 0.188. The molecule has 1 saturated carbocycles. The lowest BCUT2D eigenvalue weighted by atomic mass is 10.1. The van der Waals surface area contributed by atoms with Crippen molar-refractivity contribution in [2.24, 2.45) is 0 Å². The van der Waals surface area contributed by atoms with Gasteiger partial charge in [0, 0.05) is 42.7 Å². The van der Waals surface area contributed by atoms with Crippen LogP contribution in [0.25, 0.3) is 16.9 Å². The highest BCUT2D eigenvalue weighted by Crippen LogP contribution is 2.23. The van der Waals surface area contributed by atoms with E-state index in [4.69, 9.17) is 0 Å². The average Bonchev–Trinajstić information content (AvgIpc) is 3.43. The molecule has 1 aliphatic carbocycles. The van der Waals surface area contributed by atoms with Crippen molar-refractivity contribution in [3.63, 3.8) is 0 Å². The van der Waals surface area contributed by atoms with Gasteiger partial charge in [0.25, 0.3) is 5.91 Å². The summed E-state index contributed by atoms with van der Waals surface area (Å²) in [5, 5.41) is 7.42. The number of rotatable bonds is 5. The zero-order chi connectivity index (χ0) is 18.9. The number of hydrogen-bond acceptors (Lipinski definition) is 5. The standard InChI is InChI=1S/C21H23N5OS/c27-21(22-17-8-9-17)20-23-19-3-1-2-18(26(19)24-20)16-6-4-15(5-7-16)14-25-10-12-28-13-11-25/h1-7,17H,8-14H2,(H,22,27). The molecule has 6 nitrogen and oxygen atoms in total. The smallest absolute Gasteiger partial charge is 0.291 e. The monoisotopic (exact) mass is 393 g/mol. The van der Waals surface area contributed by atoms with Crippen LogP contribution in [0.3, 0.4) is 0 Å². The third-order valence-corrected chi connectivity index (χ3v) is 6.18. The number of pyridine rings is 1. The molecule has 144 valence electrons. The summed E-state index contributed by atoms with van der Waals surface area (Å²) >= 11 is 2.03. The molecule has 1 N–H and O–H groups in total. The van der Waals surface area contributed by atoms with Crippen molar-refractivity contribution in [2.45, 2.75) is 25.4 Å². The second kappa shape index (κ2) is 7.56. The van der Waals surface area contributed by atoms with Gasteiger partial charge >= 0.3 is 0 Å². The summed E-state index contributed by atoms with van der Waals surface area (Å²) in [4.78, 5) is 19.2. The van der Waals surface area contributed by atoms with Crippen molar-refractivity contribution in [3.05, 3.63) is 53.9 Å². The van der Waals surface area contributed by atoms with Crippen molar-refractivity contribution in [1.82, 2.24) is 24.8 Å². The van der Waals surface area contributed by atoms with Crippen LogP contribution in [0.5, 0.6) is 0 Å². The van der Waals surface area contributed by atoms with Gasteiger partial charge in [-0.2, -0.15) is 11.8 Å².